The predicted molar refractivity (Wildman–Crippen MR) is 129 cm³/mol. The number of nitrogens with one attached hydrogen (secondary N) is 1. The summed E-state index contributed by atoms with van der Waals surface area (Å²) in [5.41, 5.74) is 17.8. The Morgan fingerprint density at radius 3 is 1.91 bits per heavy atom. The molecule has 4 atom stereocenters. The van der Waals surface area contributed by atoms with Crippen LogP contribution in [0.4, 0.5) is 0 Å². The third kappa shape index (κ3) is 16.0. The first-order valence-electron chi connectivity index (χ1n) is 11.0. The van der Waals surface area contributed by atoms with Gasteiger partial charge in [0, 0.05) is 24.4 Å². The second kappa shape index (κ2) is 17.2. The number of H-pyrrole nitrogens is 1. The van der Waals surface area contributed by atoms with E-state index < -0.39 is 42.1 Å². The molecule has 1 aromatic carbocycles. The number of rotatable bonds is 11. The molecule has 4 unspecified atom stereocenters. The van der Waals surface area contributed by atoms with Crippen molar-refractivity contribution in [1.82, 2.24) is 9.97 Å². The van der Waals surface area contributed by atoms with E-state index in [1.165, 1.54) is 6.33 Å². The van der Waals surface area contributed by atoms with Gasteiger partial charge in [-0.25, -0.2) is 4.98 Å². The van der Waals surface area contributed by atoms with Gasteiger partial charge in [-0.05, 0) is 24.3 Å². The minimum Gasteiger partial charge on any atom is -0.481 e. The van der Waals surface area contributed by atoms with Crippen molar-refractivity contribution in [1.29, 1.82) is 0 Å². The number of aliphatic hydroxyl groups is 1. The summed E-state index contributed by atoms with van der Waals surface area (Å²) in [6, 6.07) is 7.26. The van der Waals surface area contributed by atoms with E-state index in [2.05, 4.69) is 9.97 Å². The van der Waals surface area contributed by atoms with Crippen molar-refractivity contribution in [2.24, 2.45) is 23.1 Å². The average molecular weight is 496 g/mol. The zero-order valence-electron chi connectivity index (χ0n) is 19.9. The number of nitrogens with zero attached hydrogens (tertiary/aromatic N) is 1. The molecule has 0 bridgehead atoms. The number of hydrogen-bond acceptors (Lipinski definition) is 8. The van der Waals surface area contributed by atoms with Crippen LogP contribution >= 0.6 is 0 Å². The molecule has 35 heavy (non-hydrogen) atoms. The summed E-state index contributed by atoms with van der Waals surface area (Å²) in [7, 11) is 0. The highest BCUT2D eigenvalue weighted by Gasteiger charge is 2.18. The molecule has 12 heteroatoms. The molecule has 12 nitrogen and oxygen atoms in total. The van der Waals surface area contributed by atoms with Crippen molar-refractivity contribution in [2.75, 3.05) is 0 Å². The van der Waals surface area contributed by atoms with Crippen molar-refractivity contribution in [3.05, 3.63) is 54.1 Å². The molecule has 0 fully saturated rings. The lowest BCUT2D eigenvalue weighted by Crippen LogP contribution is -2.37. The number of carbonyl (C=O) groups is 3. The molecule has 2 rings (SSSR count). The van der Waals surface area contributed by atoms with Gasteiger partial charge in [0.1, 0.15) is 12.1 Å². The number of hydrogen-bond donors (Lipinski definition) is 8. The maximum atomic E-state index is 10.4. The van der Waals surface area contributed by atoms with E-state index in [9.17, 15) is 19.5 Å². The zero-order chi connectivity index (χ0) is 27.0. The van der Waals surface area contributed by atoms with E-state index in [0.29, 0.717) is 18.8 Å². The fraction of sp³-hybridized carbons (Fsp3) is 0.478. The Balaban J connectivity index is 0.000000496. The third-order valence-corrected chi connectivity index (χ3v) is 4.55. The molecule has 1 aromatic heterocycles. The second-order valence-electron chi connectivity index (χ2n) is 8.32. The largest absolute Gasteiger partial charge is 0.481 e. The van der Waals surface area contributed by atoms with E-state index >= 15 is 0 Å². The molecule has 0 radical (unpaired) electrons. The number of aromatic amines is 1. The van der Waals surface area contributed by atoms with Gasteiger partial charge in [-0.15, -0.1) is 0 Å². The van der Waals surface area contributed by atoms with Crippen LogP contribution < -0.4 is 17.2 Å². The Hall–Kier alpha value is -3.32. The Labute approximate surface area is 204 Å². The molecule has 0 aliphatic heterocycles. The van der Waals surface area contributed by atoms with Gasteiger partial charge in [0.2, 0.25) is 0 Å². The van der Waals surface area contributed by atoms with Crippen LogP contribution in [0.2, 0.25) is 0 Å². The van der Waals surface area contributed by atoms with Crippen LogP contribution in [0.1, 0.15) is 37.9 Å². The van der Waals surface area contributed by atoms with E-state index in [-0.39, 0.29) is 12.8 Å². The molecule has 0 saturated carbocycles. The number of benzene rings is 1. The van der Waals surface area contributed by atoms with Crippen molar-refractivity contribution < 1.29 is 34.8 Å². The summed E-state index contributed by atoms with van der Waals surface area (Å²) >= 11 is 0. The molecule has 11 N–H and O–H groups in total. The van der Waals surface area contributed by atoms with Gasteiger partial charge in [-0.1, -0.05) is 44.2 Å². The highest BCUT2D eigenvalue weighted by atomic mass is 16.4. The number of aromatic nitrogens is 2. The lowest BCUT2D eigenvalue weighted by atomic mass is 9.98. The molecular formula is C23H37N5O7. The molecule has 0 aliphatic carbocycles. The van der Waals surface area contributed by atoms with Crippen LogP contribution in [-0.2, 0) is 27.2 Å². The lowest BCUT2D eigenvalue weighted by Gasteiger charge is -2.18. The van der Waals surface area contributed by atoms with Crippen LogP contribution in [0.3, 0.4) is 0 Å². The first-order valence-corrected chi connectivity index (χ1v) is 11.0. The van der Waals surface area contributed by atoms with Crippen molar-refractivity contribution >= 4 is 17.9 Å². The van der Waals surface area contributed by atoms with Gasteiger partial charge >= 0.3 is 17.9 Å². The topological polar surface area (TPSA) is 239 Å². The second-order valence-corrected chi connectivity index (χ2v) is 8.32. The minimum absolute atomic E-state index is 0.270. The smallest absolute Gasteiger partial charge is 0.320 e. The number of nitrogens with two attached hydrogens (primary N) is 3. The monoisotopic (exact) mass is 495 g/mol. The van der Waals surface area contributed by atoms with Crippen LogP contribution in [0, 0.1) is 5.92 Å². The summed E-state index contributed by atoms with van der Waals surface area (Å²) in [5, 5.41) is 34.5. The Bertz CT molecular complexity index is 862. The number of carboxylic acid groups (broad SMARTS) is 3. The van der Waals surface area contributed by atoms with E-state index in [1.54, 1.807) is 6.20 Å². The fourth-order valence-electron chi connectivity index (χ4n) is 2.71. The normalized spacial score (nSPS) is 13.8. The van der Waals surface area contributed by atoms with Crippen molar-refractivity contribution in [2.45, 2.75) is 63.8 Å². The number of aliphatic hydroxyl groups excluding tert-OH is 1. The molecular weight excluding hydrogens is 458 g/mol. The predicted octanol–water partition coefficient (Wildman–Crippen LogP) is 0.201. The van der Waals surface area contributed by atoms with Gasteiger partial charge in [0.25, 0.3) is 0 Å². The average Bonchev–Trinajstić information content (AvgIpc) is 3.27. The highest BCUT2D eigenvalue weighted by molar-refractivity contribution is 5.73. The maximum absolute atomic E-state index is 10.4. The van der Waals surface area contributed by atoms with Gasteiger partial charge in [0.15, 0.2) is 0 Å². The van der Waals surface area contributed by atoms with E-state index in [4.69, 9.17) is 32.5 Å². The molecule has 1 heterocycles. The Morgan fingerprint density at radius 1 is 0.943 bits per heavy atom. The molecule has 0 spiro atoms. The first kappa shape index (κ1) is 31.7. The quantitative estimate of drug-likeness (QED) is 0.209. The fourth-order valence-corrected chi connectivity index (χ4v) is 2.71. The molecule has 0 amide bonds. The summed E-state index contributed by atoms with van der Waals surface area (Å²) in [6.07, 6.45) is 3.17. The highest BCUT2D eigenvalue weighted by Crippen LogP contribution is 2.08. The van der Waals surface area contributed by atoms with Crippen LogP contribution in [0.25, 0.3) is 0 Å². The van der Waals surface area contributed by atoms with E-state index in [0.717, 1.165) is 11.3 Å². The summed E-state index contributed by atoms with van der Waals surface area (Å²) < 4.78 is 0. The maximum Gasteiger partial charge on any atom is 0.320 e. The standard InChI is InChI=1S/C9H11NO2.C8H17NO3.C6H9N3O2/c10-8(9(11)12)6-7-4-2-1-3-5-7;1-5(2)3-6(9)7(10)4-8(11)12;7-5(6(10)11)1-4-2-8-3-9-4/h1-5,8H,6,10H2,(H,11,12);5-7,10H,3-4,9H2,1-2H3,(H,11,12);2-3,5H,1,7H2,(H,8,9)(H,10,11). The van der Waals surface area contributed by atoms with Gasteiger partial charge in [0.05, 0.1) is 18.9 Å². The molecule has 0 aliphatic rings. The van der Waals surface area contributed by atoms with Gasteiger partial charge < -0.3 is 42.6 Å². The SMILES string of the molecule is CC(C)CC(N)C(O)CC(=O)O.NC(Cc1ccccc1)C(=O)O.NC(Cc1cnc[nH]1)C(=O)O. The third-order valence-electron chi connectivity index (χ3n) is 4.55. The number of imidazole rings is 1. The Morgan fingerprint density at radius 2 is 1.49 bits per heavy atom. The lowest BCUT2D eigenvalue weighted by molar-refractivity contribution is -0.140. The van der Waals surface area contributed by atoms with E-state index in [1.807, 2.05) is 44.2 Å². The molecule has 196 valence electrons. The molecule has 0 saturated heterocycles. The van der Waals surface area contributed by atoms with Crippen molar-refractivity contribution in [3.8, 4) is 0 Å². The summed E-state index contributed by atoms with van der Waals surface area (Å²) in [4.78, 5) is 37.3. The number of carboxylic acids is 3. The Kier molecular flexibility index (Phi) is 15.5. The summed E-state index contributed by atoms with van der Waals surface area (Å²) in [6.45, 7) is 3.96. The zero-order valence-corrected chi connectivity index (χ0v) is 19.9. The minimum atomic E-state index is -1.01. The summed E-state index contributed by atoms with van der Waals surface area (Å²) in [5.74, 6) is -2.59. The molecule has 2 aromatic rings. The van der Waals surface area contributed by atoms with Crippen LogP contribution in [0.15, 0.2) is 42.9 Å². The van der Waals surface area contributed by atoms with Gasteiger partial charge in [-0.2, -0.15) is 0 Å². The van der Waals surface area contributed by atoms with Gasteiger partial charge in [-0.3, -0.25) is 14.4 Å². The van der Waals surface area contributed by atoms with Crippen molar-refractivity contribution in [3.63, 3.8) is 0 Å². The van der Waals surface area contributed by atoms with Crippen LogP contribution in [-0.4, -0.2) is 72.5 Å². The number of aliphatic carboxylic acids is 3. The van der Waals surface area contributed by atoms with Crippen LogP contribution in [0.5, 0.6) is 0 Å². The first-order chi connectivity index (χ1) is 16.3.